The summed E-state index contributed by atoms with van der Waals surface area (Å²) in [6.45, 7) is 0. The summed E-state index contributed by atoms with van der Waals surface area (Å²) >= 11 is 0. The van der Waals surface area contributed by atoms with Crippen molar-refractivity contribution in [3.05, 3.63) is 57.3 Å². The van der Waals surface area contributed by atoms with E-state index in [0.29, 0.717) is 22.3 Å². The molecule has 0 N–H and O–H groups in total. The van der Waals surface area contributed by atoms with Crippen LogP contribution in [0.3, 0.4) is 0 Å². The van der Waals surface area contributed by atoms with Gasteiger partial charge in [0.05, 0.1) is 11.6 Å². The van der Waals surface area contributed by atoms with Crippen molar-refractivity contribution in [2.45, 2.75) is 0 Å². The molecule has 19 heavy (non-hydrogen) atoms. The van der Waals surface area contributed by atoms with E-state index in [4.69, 9.17) is 5.26 Å². The lowest BCUT2D eigenvalue weighted by molar-refractivity contribution is 0.103. The number of nitriles is 1. The molecule has 92 valence electrons. The van der Waals surface area contributed by atoms with Gasteiger partial charge in [0.25, 0.3) is 5.56 Å². The molecule has 0 radical (unpaired) electrons. The first-order valence-corrected chi connectivity index (χ1v) is 5.53. The van der Waals surface area contributed by atoms with Crippen LogP contribution in [-0.4, -0.2) is 10.4 Å². The summed E-state index contributed by atoms with van der Waals surface area (Å²) in [5.41, 5.74) is 0.949. The van der Waals surface area contributed by atoms with E-state index in [1.807, 2.05) is 6.07 Å². The average Bonchev–Trinajstić information content (AvgIpc) is 2.69. The van der Waals surface area contributed by atoms with Crippen molar-refractivity contribution in [2.24, 2.45) is 7.05 Å². The molecule has 0 atom stereocenters. The van der Waals surface area contributed by atoms with Gasteiger partial charge in [-0.2, -0.15) is 5.26 Å². The Hall–Kier alpha value is -2.74. The highest BCUT2D eigenvalue weighted by Crippen LogP contribution is 2.36. The number of carbonyl (C=O) groups excluding carboxylic acids is 1. The fourth-order valence-electron chi connectivity index (χ4n) is 2.34. The number of fused-ring (bicyclic) bond motifs is 3. The largest absolute Gasteiger partial charge is 0.305 e. The zero-order valence-electron chi connectivity index (χ0n) is 9.90. The van der Waals surface area contributed by atoms with Crippen LogP contribution in [0.25, 0.3) is 11.1 Å². The molecule has 0 fully saturated rings. The highest BCUT2D eigenvalue weighted by atomic mass is 19.1. The van der Waals surface area contributed by atoms with Crippen LogP contribution in [0.2, 0.25) is 0 Å². The second-order valence-corrected chi connectivity index (χ2v) is 4.32. The van der Waals surface area contributed by atoms with Crippen molar-refractivity contribution in [3.63, 3.8) is 0 Å². The Kier molecular flexibility index (Phi) is 2.17. The van der Waals surface area contributed by atoms with Crippen molar-refractivity contribution in [1.29, 1.82) is 5.26 Å². The van der Waals surface area contributed by atoms with Gasteiger partial charge >= 0.3 is 0 Å². The van der Waals surface area contributed by atoms with E-state index in [-0.39, 0.29) is 11.5 Å². The Labute approximate surface area is 107 Å². The lowest BCUT2D eigenvalue weighted by atomic mass is 10.0. The third-order valence-corrected chi connectivity index (χ3v) is 3.27. The molecule has 0 amide bonds. The van der Waals surface area contributed by atoms with Gasteiger partial charge < -0.3 is 4.57 Å². The Morgan fingerprint density at radius 1 is 1.16 bits per heavy atom. The van der Waals surface area contributed by atoms with Gasteiger partial charge in [-0.15, -0.1) is 0 Å². The number of halogens is 1. The van der Waals surface area contributed by atoms with E-state index in [1.54, 1.807) is 0 Å². The number of pyridine rings is 1. The molecule has 3 rings (SSSR count). The molecule has 4 nitrogen and oxygen atoms in total. The fraction of sp³-hybridized carbons (Fsp3) is 0.0714. The van der Waals surface area contributed by atoms with E-state index in [1.165, 1.54) is 25.2 Å². The van der Waals surface area contributed by atoms with Crippen molar-refractivity contribution >= 4 is 5.78 Å². The van der Waals surface area contributed by atoms with Gasteiger partial charge in [-0.1, -0.05) is 0 Å². The topological polar surface area (TPSA) is 62.9 Å². The third-order valence-electron chi connectivity index (χ3n) is 3.27. The number of hydrogen-bond donors (Lipinski definition) is 0. The van der Waals surface area contributed by atoms with Crippen LogP contribution in [-0.2, 0) is 7.05 Å². The maximum atomic E-state index is 13.5. The van der Waals surface area contributed by atoms with Crippen LogP contribution < -0.4 is 5.56 Å². The molecule has 0 bridgehead atoms. The summed E-state index contributed by atoms with van der Waals surface area (Å²) in [7, 11) is 1.36. The second kappa shape index (κ2) is 3.62. The molecule has 0 unspecified atom stereocenters. The summed E-state index contributed by atoms with van der Waals surface area (Å²) < 4.78 is 14.5. The first-order valence-electron chi connectivity index (χ1n) is 5.53. The standard InChI is InChI=1S/C14H7FN2O2/c1-17-12-10(5-11(15)14(17)19)9-4-7(6-16)2-3-8(9)13(12)18/h2-5H,1H3. The van der Waals surface area contributed by atoms with Gasteiger partial charge in [0.1, 0.15) is 5.69 Å². The molecule has 1 aliphatic rings. The van der Waals surface area contributed by atoms with Gasteiger partial charge in [0, 0.05) is 18.2 Å². The third kappa shape index (κ3) is 1.37. The number of aromatic nitrogens is 1. The first kappa shape index (κ1) is 11.4. The lowest BCUT2D eigenvalue weighted by Crippen LogP contribution is -2.24. The van der Waals surface area contributed by atoms with Gasteiger partial charge in [-0.25, -0.2) is 4.39 Å². The van der Waals surface area contributed by atoms with Crippen LogP contribution in [0, 0.1) is 17.1 Å². The van der Waals surface area contributed by atoms with E-state index < -0.39 is 11.4 Å². The van der Waals surface area contributed by atoms with Crippen LogP contribution in [0.15, 0.2) is 29.1 Å². The van der Waals surface area contributed by atoms with Crippen LogP contribution in [0.5, 0.6) is 0 Å². The molecule has 0 aliphatic heterocycles. The van der Waals surface area contributed by atoms with Crippen LogP contribution >= 0.6 is 0 Å². The monoisotopic (exact) mass is 254 g/mol. The minimum Gasteiger partial charge on any atom is -0.305 e. The molecule has 1 heterocycles. The predicted molar refractivity (Wildman–Crippen MR) is 65.2 cm³/mol. The number of hydrogen-bond acceptors (Lipinski definition) is 3. The predicted octanol–water partition coefficient (Wildman–Crippen LogP) is 1.61. The number of benzene rings is 1. The Morgan fingerprint density at radius 2 is 1.89 bits per heavy atom. The molecule has 0 saturated heterocycles. The zero-order chi connectivity index (χ0) is 13.7. The highest BCUT2D eigenvalue weighted by Gasteiger charge is 2.30. The van der Waals surface area contributed by atoms with E-state index in [2.05, 4.69) is 0 Å². The van der Waals surface area contributed by atoms with Crippen molar-refractivity contribution < 1.29 is 9.18 Å². The first-order chi connectivity index (χ1) is 9.04. The summed E-state index contributed by atoms with van der Waals surface area (Å²) in [5, 5.41) is 8.87. The van der Waals surface area contributed by atoms with Crippen molar-refractivity contribution in [1.82, 2.24) is 4.57 Å². The minimum atomic E-state index is -0.913. The van der Waals surface area contributed by atoms with Crippen molar-refractivity contribution in [3.8, 4) is 17.2 Å². The molecule has 0 spiro atoms. The number of rotatable bonds is 0. The van der Waals surface area contributed by atoms with Gasteiger partial charge in [0.15, 0.2) is 5.82 Å². The fourth-order valence-corrected chi connectivity index (χ4v) is 2.34. The Bertz CT molecular complexity index is 844. The maximum absolute atomic E-state index is 13.5. The number of ketones is 1. The SMILES string of the molecule is Cn1c2c(cc(F)c1=O)-c1cc(C#N)ccc1C2=O. The molecule has 2 aromatic rings. The normalized spacial score (nSPS) is 11.9. The quantitative estimate of drug-likeness (QED) is 0.612. The van der Waals surface area contributed by atoms with Crippen molar-refractivity contribution in [2.75, 3.05) is 0 Å². The molecule has 0 saturated carbocycles. The Balaban J connectivity index is 2.44. The summed E-state index contributed by atoms with van der Waals surface area (Å²) in [6.07, 6.45) is 0. The van der Waals surface area contributed by atoms with E-state index in [0.717, 1.165) is 10.6 Å². The molecular formula is C14H7FN2O2. The summed E-state index contributed by atoms with van der Waals surface area (Å²) in [5.74, 6) is -1.24. The van der Waals surface area contributed by atoms with Gasteiger partial charge in [0.2, 0.25) is 5.78 Å². The summed E-state index contributed by atoms with van der Waals surface area (Å²) in [6, 6.07) is 7.61. The summed E-state index contributed by atoms with van der Waals surface area (Å²) in [4.78, 5) is 23.7. The maximum Gasteiger partial charge on any atom is 0.286 e. The molecule has 1 aromatic carbocycles. The molecular weight excluding hydrogens is 247 g/mol. The average molecular weight is 254 g/mol. The zero-order valence-corrected chi connectivity index (χ0v) is 9.90. The Morgan fingerprint density at radius 3 is 2.58 bits per heavy atom. The molecule has 1 aromatic heterocycles. The van der Waals surface area contributed by atoms with E-state index in [9.17, 15) is 14.0 Å². The highest BCUT2D eigenvalue weighted by molar-refractivity contribution is 6.20. The lowest BCUT2D eigenvalue weighted by Gasteiger charge is -2.05. The minimum absolute atomic E-state index is 0.163. The van der Waals surface area contributed by atoms with Crippen LogP contribution in [0.4, 0.5) is 4.39 Å². The number of nitrogens with zero attached hydrogens (tertiary/aromatic N) is 2. The smallest absolute Gasteiger partial charge is 0.286 e. The van der Waals surface area contributed by atoms with E-state index >= 15 is 0 Å². The van der Waals surface area contributed by atoms with Gasteiger partial charge in [-0.05, 0) is 29.8 Å². The molecule has 5 heteroatoms. The van der Waals surface area contributed by atoms with Crippen LogP contribution in [0.1, 0.15) is 21.6 Å². The number of carbonyl (C=O) groups is 1. The second-order valence-electron chi connectivity index (χ2n) is 4.32. The van der Waals surface area contributed by atoms with Gasteiger partial charge in [-0.3, -0.25) is 9.59 Å². The molecule has 1 aliphatic carbocycles.